The molecule has 2 heterocycles. The van der Waals surface area contributed by atoms with Gasteiger partial charge in [0.1, 0.15) is 0 Å². The lowest BCUT2D eigenvalue weighted by atomic mass is 10.0. The first-order valence-corrected chi connectivity index (χ1v) is 14.0. The van der Waals surface area contributed by atoms with Crippen molar-refractivity contribution in [3.05, 3.63) is 101 Å². The number of allylic oxidation sites excluding steroid dienone is 8. The van der Waals surface area contributed by atoms with Crippen LogP contribution in [0.1, 0.15) is 78.7 Å². The summed E-state index contributed by atoms with van der Waals surface area (Å²) in [5, 5.41) is 0. The number of hydrogen-bond acceptors (Lipinski definition) is 3. The highest BCUT2D eigenvalue weighted by Gasteiger charge is 2.14. The molecule has 3 rings (SSSR count). The summed E-state index contributed by atoms with van der Waals surface area (Å²) in [6, 6.07) is 10.0. The van der Waals surface area contributed by atoms with Crippen molar-refractivity contribution in [1.82, 2.24) is 14.5 Å². The standard InChI is InChI=1S/C33H45N5O/c1-26(2)13-10-14-27(3)15-11-16-28(4)17-12-18-29(5)21-22-38-25-37(6)33-31(38)32(34-24-35-33)36-39-23-30-19-8-7-9-20-30/h7-9,13,15,17,19-21,24-25H,10-12,14,16,18,22-23H2,1-6H3/b27-15+,28-17+,29-21+. The largest absolute Gasteiger partial charge is 0.407 e. The van der Waals surface area contributed by atoms with E-state index in [0.29, 0.717) is 12.4 Å². The van der Waals surface area contributed by atoms with Crippen LogP contribution in [0, 0.1) is 0 Å². The fourth-order valence-corrected chi connectivity index (χ4v) is 4.39. The predicted molar refractivity (Wildman–Crippen MR) is 161 cm³/mol. The van der Waals surface area contributed by atoms with E-state index in [1.54, 1.807) is 0 Å². The first kappa shape index (κ1) is 30.0. The minimum Gasteiger partial charge on any atom is -0.407 e. The van der Waals surface area contributed by atoms with Gasteiger partial charge in [0.2, 0.25) is 0 Å². The van der Waals surface area contributed by atoms with Crippen LogP contribution < -0.4 is 4.57 Å². The molecule has 0 amide bonds. The summed E-state index contributed by atoms with van der Waals surface area (Å²) in [5.41, 5.74) is 12.8. The van der Waals surface area contributed by atoms with Crippen LogP contribution in [0.25, 0.3) is 16.6 Å². The molecule has 0 aliphatic carbocycles. The number of aryl methyl sites for hydroxylation is 1. The van der Waals surface area contributed by atoms with Crippen LogP contribution in [-0.4, -0.2) is 14.5 Å². The van der Waals surface area contributed by atoms with Gasteiger partial charge in [-0.3, -0.25) is 4.57 Å². The van der Waals surface area contributed by atoms with Gasteiger partial charge in [0.05, 0.1) is 26.5 Å². The smallest absolute Gasteiger partial charge is 0.300 e. The summed E-state index contributed by atoms with van der Waals surface area (Å²) in [5.74, 6) is 0.544. The van der Waals surface area contributed by atoms with Gasteiger partial charge in [-0.2, -0.15) is 0 Å². The van der Waals surface area contributed by atoms with E-state index in [2.05, 4.69) is 78.9 Å². The maximum Gasteiger partial charge on any atom is 0.300 e. The molecule has 6 nitrogen and oxygen atoms in total. The fourth-order valence-electron chi connectivity index (χ4n) is 4.39. The molecule has 0 aliphatic heterocycles. The molecule has 0 radical (unpaired) electrons. The predicted octanol–water partition coefficient (Wildman–Crippen LogP) is 8.54. The third kappa shape index (κ3) is 10.3. The molecule has 0 bridgehead atoms. The third-order valence-corrected chi connectivity index (χ3v) is 6.73. The van der Waals surface area contributed by atoms with E-state index in [4.69, 9.17) is 4.84 Å². The normalized spacial score (nSPS) is 12.7. The minimum absolute atomic E-state index is 0.400. The van der Waals surface area contributed by atoms with Crippen molar-refractivity contribution in [3.63, 3.8) is 0 Å². The van der Waals surface area contributed by atoms with Crippen LogP contribution in [-0.2, 0) is 25.0 Å². The molecule has 0 N–H and O–H groups in total. The topological polar surface area (TPSA) is 57.9 Å². The average molecular weight is 528 g/mol. The van der Waals surface area contributed by atoms with Crippen LogP contribution in [0.2, 0.25) is 0 Å². The molecule has 1 aromatic carbocycles. The Labute approximate surface area is 234 Å². The summed E-state index contributed by atoms with van der Waals surface area (Å²) in [4.78, 5) is 14.5. The zero-order valence-corrected chi connectivity index (χ0v) is 24.7. The van der Waals surface area contributed by atoms with Gasteiger partial charge in [-0.15, -0.1) is 4.98 Å². The molecule has 0 spiro atoms. The Morgan fingerprint density at radius 2 is 1.46 bits per heavy atom. The molecular formula is C33H45N5O. The zero-order valence-electron chi connectivity index (χ0n) is 24.7. The van der Waals surface area contributed by atoms with Crippen molar-refractivity contribution in [2.75, 3.05) is 0 Å². The van der Waals surface area contributed by atoms with E-state index in [9.17, 15) is 0 Å². The summed E-state index contributed by atoms with van der Waals surface area (Å²) in [7, 11) is 1.99. The SMILES string of the molecule is CC(C)=CCC/C(C)=C/CC/C(C)=C/CC/C(C)=C/Cn1c[n+](C)c2ncnc([N-]OCc3ccccc3)c21. The van der Waals surface area contributed by atoms with Crippen LogP contribution in [0.3, 0.4) is 0 Å². The van der Waals surface area contributed by atoms with Gasteiger partial charge in [-0.05, 0) is 78.7 Å². The Bertz CT molecular complexity index is 1310. The lowest BCUT2D eigenvalue weighted by molar-refractivity contribution is -0.647. The first-order chi connectivity index (χ1) is 18.8. The van der Waals surface area contributed by atoms with E-state index in [-0.39, 0.29) is 0 Å². The van der Waals surface area contributed by atoms with Gasteiger partial charge in [0.25, 0.3) is 0 Å². The van der Waals surface area contributed by atoms with E-state index in [1.165, 1.54) is 28.6 Å². The molecule has 39 heavy (non-hydrogen) atoms. The molecule has 0 fully saturated rings. The maximum absolute atomic E-state index is 5.63. The average Bonchev–Trinajstić information content (AvgIpc) is 3.24. The van der Waals surface area contributed by atoms with Crippen molar-refractivity contribution in [2.24, 2.45) is 7.05 Å². The van der Waals surface area contributed by atoms with Crippen molar-refractivity contribution in [1.29, 1.82) is 0 Å². The Hall–Kier alpha value is -3.51. The van der Waals surface area contributed by atoms with Crippen molar-refractivity contribution >= 4 is 17.0 Å². The van der Waals surface area contributed by atoms with Gasteiger partial charge in [-0.1, -0.05) is 76.9 Å². The van der Waals surface area contributed by atoms with Gasteiger partial charge >= 0.3 is 5.65 Å². The van der Waals surface area contributed by atoms with E-state index in [0.717, 1.165) is 61.8 Å². The summed E-state index contributed by atoms with van der Waals surface area (Å²) in [6.45, 7) is 12.2. The van der Waals surface area contributed by atoms with Gasteiger partial charge < -0.3 is 15.3 Å². The number of fused-ring (bicyclic) bond motifs is 1. The van der Waals surface area contributed by atoms with E-state index >= 15 is 0 Å². The second kappa shape index (κ2) is 15.8. The fraction of sp³-hybridized carbons (Fsp3) is 0.424. The molecule has 3 aromatic rings. The molecule has 0 atom stereocenters. The second-order valence-corrected chi connectivity index (χ2v) is 10.6. The highest BCUT2D eigenvalue weighted by molar-refractivity contribution is 5.81. The molecule has 0 saturated heterocycles. The Kier molecular flexibility index (Phi) is 12.2. The number of aromatic nitrogens is 4. The second-order valence-electron chi connectivity index (χ2n) is 10.6. The van der Waals surface area contributed by atoms with E-state index < -0.39 is 0 Å². The third-order valence-electron chi connectivity index (χ3n) is 6.73. The maximum atomic E-state index is 5.63. The zero-order chi connectivity index (χ0) is 28.0. The Morgan fingerprint density at radius 3 is 2.10 bits per heavy atom. The molecule has 0 saturated carbocycles. The van der Waals surface area contributed by atoms with Crippen LogP contribution in [0.5, 0.6) is 0 Å². The number of imidazole rings is 1. The monoisotopic (exact) mass is 527 g/mol. The summed E-state index contributed by atoms with van der Waals surface area (Å²) < 4.78 is 4.14. The number of rotatable bonds is 15. The van der Waals surface area contributed by atoms with Crippen molar-refractivity contribution in [3.8, 4) is 0 Å². The Balaban J connectivity index is 1.51. The summed E-state index contributed by atoms with van der Waals surface area (Å²) in [6.07, 6.45) is 19.7. The first-order valence-electron chi connectivity index (χ1n) is 14.0. The number of hydrogen-bond donors (Lipinski definition) is 0. The molecule has 208 valence electrons. The van der Waals surface area contributed by atoms with Gasteiger partial charge in [0, 0.05) is 5.82 Å². The van der Waals surface area contributed by atoms with Crippen LogP contribution >= 0.6 is 0 Å². The van der Waals surface area contributed by atoms with E-state index in [1.807, 2.05) is 48.3 Å². The molecule has 2 aromatic heterocycles. The number of nitrogens with zero attached hydrogens (tertiary/aromatic N) is 5. The minimum atomic E-state index is 0.400. The summed E-state index contributed by atoms with van der Waals surface area (Å²) >= 11 is 0. The molecule has 6 heteroatoms. The Morgan fingerprint density at radius 1 is 0.846 bits per heavy atom. The van der Waals surface area contributed by atoms with Gasteiger partial charge in [-0.25, -0.2) is 4.57 Å². The van der Waals surface area contributed by atoms with Crippen LogP contribution in [0.15, 0.2) is 89.6 Å². The van der Waals surface area contributed by atoms with Crippen LogP contribution in [0.4, 0.5) is 5.82 Å². The highest BCUT2D eigenvalue weighted by Crippen LogP contribution is 2.25. The highest BCUT2D eigenvalue weighted by atomic mass is 16.6. The lowest BCUT2D eigenvalue weighted by Crippen LogP contribution is -2.26. The molecule has 0 aliphatic rings. The van der Waals surface area contributed by atoms with Crippen molar-refractivity contribution < 1.29 is 9.40 Å². The number of benzene rings is 1. The molecule has 0 unspecified atom stereocenters. The lowest BCUT2D eigenvalue weighted by Gasteiger charge is -2.14. The quantitative estimate of drug-likeness (QED) is 0.113. The molecular weight excluding hydrogens is 482 g/mol. The van der Waals surface area contributed by atoms with Crippen molar-refractivity contribution in [2.45, 2.75) is 86.3 Å². The van der Waals surface area contributed by atoms with Gasteiger partial charge in [0.15, 0.2) is 11.8 Å².